The van der Waals surface area contributed by atoms with Crippen LogP contribution in [-0.2, 0) is 6.42 Å². The highest BCUT2D eigenvalue weighted by molar-refractivity contribution is 5.56. The number of rotatable bonds is 3. The van der Waals surface area contributed by atoms with Crippen molar-refractivity contribution in [2.24, 2.45) is 0 Å². The fourth-order valence-electron chi connectivity index (χ4n) is 3.74. The van der Waals surface area contributed by atoms with Crippen molar-refractivity contribution in [3.05, 3.63) is 29.8 Å². The molecule has 2 heteroatoms. The monoisotopic (exact) mass is 258 g/mol. The minimum Gasteiger partial charge on any atom is -0.367 e. The Hall–Kier alpha value is -1.02. The van der Waals surface area contributed by atoms with Gasteiger partial charge >= 0.3 is 0 Å². The molecule has 2 unspecified atom stereocenters. The molecule has 0 amide bonds. The summed E-state index contributed by atoms with van der Waals surface area (Å²) in [5.41, 5.74) is 3.35. The topological polar surface area (TPSA) is 15.3 Å². The van der Waals surface area contributed by atoms with Gasteiger partial charge in [0, 0.05) is 23.8 Å². The van der Waals surface area contributed by atoms with E-state index >= 15 is 0 Å². The van der Waals surface area contributed by atoms with Gasteiger partial charge in [0.2, 0.25) is 0 Å². The lowest BCUT2D eigenvalue weighted by atomic mass is 9.89. The van der Waals surface area contributed by atoms with E-state index in [-0.39, 0.29) is 0 Å². The van der Waals surface area contributed by atoms with E-state index in [2.05, 4.69) is 48.3 Å². The molecule has 1 fully saturated rings. The summed E-state index contributed by atoms with van der Waals surface area (Å²) in [7, 11) is 0. The van der Waals surface area contributed by atoms with Gasteiger partial charge in [0.25, 0.3) is 0 Å². The highest BCUT2D eigenvalue weighted by atomic mass is 15.2. The molecule has 0 radical (unpaired) electrons. The summed E-state index contributed by atoms with van der Waals surface area (Å²) in [6.07, 6.45) is 6.42. The molecule has 1 saturated heterocycles. The van der Waals surface area contributed by atoms with Crippen LogP contribution in [0.5, 0.6) is 0 Å². The third kappa shape index (κ3) is 2.38. The number of hydrogen-bond acceptors (Lipinski definition) is 2. The van der Waals surface area contributed by atoms with E-state index in [1.807, 2.05) is 0 Å². The molecule has 19 heavy (non-hydrogen) atoms. The minimum absolute atomic E-state index is 0.346. The molecule has 104 valence electrons. The van der Waals surface area contributed by atoms with Crippen LogP contribution in [0.1, 0.15) is 45.1 Å². The SMILES string of the molecule is CCC1(CN2c3ccccc3CCC2C)CCCN1. The van der Waals surface area contributed by atoms with Gasteiger partial charge in [-0.15, -0.1) is 0 Å². The number of benzene rings is 1. The molecule has 2 nitrogen and oxygen atoms in total. The maximum atomic E-state index is 3.78. The van der Waals surface area contributed by atoms with E-state index in [0.717, 1.165) is 0 Å². The molecule has 0 spiro atoms. The van der Waals surface area contributed by atoms with E-state index in [4.69, 9.17) is 0 Å². The van der Waals surface area contributed by atoms with Crippen LogP contribution in [0, 0.1) is 0 Å². The van der Waals surface area contributed by atoms with Crippen molar-refractivity contribution in [2.75, 3.05) is 18.0 Å². The van der Waals surface area contributed by atoms with Crippen LogP contribution in [0.25, 0.3) is 0 Å². The summed E-state index contributed by atoms with van der Waals surface area (Å²) in [6, 6.07) is 9.64. The summed E-state index contributed by atoms with van der Waals surface area (Å²) in [5, 5.41) is 3.78. The first-order chi connectivity index (χ1) is 9.24. The van der Waals surface area contributed by atoms with E-state index in [1.165, 1.54) is 56.4 Å². The second-order valence-electron chi connectivity index (χ2n) is 6.31. The number of fused-ring (bicyclic) bond motifs is 1. The second kappa shape index (κ2) is 5.16. The van der Waals surface area contributed by atoms with Crippen LogP contribution >= 0.6 is 0 Å². The molecule has 0 saturated carbocycles. The lowest BCUT2D eigenvalue weighted by Gasteiger charge is -2.43. The molecular formula is C17H26N2. The van der Waals surface area contributed by atoms with Crippen LogP contribution in [0.3, 0.4) is 0 Å². The second-order valence-corrected chi connectivity index (χ2v) is 6.31. The summed E-state index contributed by atoms with van der Waals surface area (Å²) in [5.74, 6) is 0. The zero-order valence-corrected chi connectivity index (χ0v) is 12.3. The third-order valence-corrected chi connectivity index (χ3v) is 5.15. The van der Waals surface area contributed by atoms with Crippen LogP contribution in [0.4, 0.5) is 5.69 Å². The molecule has 2 aliphatic rings. The van der Waals surface area contributed by atoms with Gasteiger partial charge in [0.05, 0.1) is 0 Å². The maximum absolute atomic E-state index is 3.78. The largest absolute Gasteiger partial charge is 0.367 e. The Morgan fingerprint density at radius 1 is 1.37 bits per heavy atom. The molecular weight excluding hydrogens is 232 g/mol. The van der Waals surface area contributed by atoms with Gasteiger partial charge in [0.1, 0.15) is 0 Å². The maximum Gasteiger partial charge on any atom is 0.0401 e. The highest BCUT2D eigenvalue weighted by Gasteiger charge is 2.36. The first kappa shape index (κ1) is 13.0. The molecule has 0 aromatic heterocycles. The minimum atomic E-state index is 0.346. The first-order valence-electron chi connectivity index (χ1n) is 7.84. The fourth-order valence-corrected chi connectivity index (χ4v) is 3.74. The Bertz CT molecular complexity index is 435. The van der Waals surface area contributed by atoms with Gasteiger partial charge in [-0.2, -0.15) is 0 Å². The zero-order chi connectivity index (χ0) is 13.3. The summed E-state index contributed by atoms with van der Waals surface area (Å²) in [6.45, 7) is 7.08. The third-order valence-electron chi connectivity index (χ3n) is 5.15. The van der Waals surface area contributed by atoms with Gasteiger partial charge in [-0.05, 0) is 57.2 Å². The summed E-state index contributed by atoms with van der Waals surface area (Å²) < 4.78 is 0. The Labute approximate surface area is 117 Å². The first-order valence-corrected chi connectivity index (χ1v) is 7.84. The van der Waals surface area contributed by atoms with E-state index < -0.39 is 0 Å². The van der Waals surface area contributed by atoms with Crippen LogP contribution in [0.15, 0.2) is 24.3 Å². The number of hydrogen-bond donors (Lipinski definition) is 1. The van der Waals surface area contributed by atoms with Gasteiger partial charge in [-0.1, -0.05) is 25.1 Å². The van der Waals surface area contributed by atoms with Crippen molar-refractivity contribution >= 4 is 5.69 Å². The molecule has 2 aliphatic heterocycles. The van der Waals surface area contributed by atoms with E-state index in [1.54, 1.807) is 0 Å². The molecule has 1 aromatic rings. The lowest BCUT2D eigenvalue weighted by Crippen LogP contribution is -2.53. The molecule has 1 N–H and O–H groups in total. The fraction of sp³-hybridized carbons (Fsp3) is 0.647. The standard InChI is InChI=1S/C17H26N2/c1-3-17(11-6-12-18-17)13-19-14(2)9-10-15-7-4-5-8-16(15)19/h4-5,7-8,14,18H,3,6,9-13H2,1-2H3. The molecule has 0 aliphatic carbocycles. The Balaban J connectivity index is 1.87. The van der Waals surface area contributed by atoms with Gasteiger partial charge in [0.15, 0.2) is 0 Å². The van der Waals surface area contributed by atoms with Crippen LogP contribution in [-0.4, -0.2) is 24.7 Å². The van der Waals surface area contributed by atoms with E-state index in [0.29, 0.717) is 11.6 Å². The number of para-hydroxylation sites is 1. The van der Waals surface area contributed by atoms with Crippen molar-refractivity contribution in [3.8, 4) is 0 Å². The molecule has 2 heterocycles. The molecule has 2 atom stereocenters. The predicted molar refractivity (Wildman–Crippen MR) is 81.8 cm³/mol. The predicted octanol–water partition coefficient (Wildman–Crippen LogP) is 3.36. The van der Waals surface area contributed by atoms with Crippen LogP contribution < -0.4 is 10.2 Å². The Morgan fingerprint density at radius 2 is 2.21 bits per heavy atom. The normalized spacial score (nSPS) is 30.4. The van der Waals surface area contributed by atoms with Crippen molar-refractivity contribution in [2.45, 2.75) is 57.5 Å². The van der Waals surface area contributed by atoms with Crippen molar-refractivity contribution in [1.82, 2.24) is 5.32 Å². The van der Waals surface area contributed by atoms with Crippen molar-refractivity contribution in [1.29, 1.82) is 0 Å². The zero-order valence-electron chi connectivity index (χ0n) is 12.3. The van der Waals surface area contributed by atoms with Crippen LogP contribution in [0.2, 0.25) is 0 Å². The smallest absolute Gasteiger partial charge is 0.0401 e. The summed E-state index contributed by atoms with van der Waals surface area (Å²) in [4.78, 5) is 2.65. The van der Waals surface area contributed by atoms with Gasteiger partial charge < -0.3 is 10.2 Å². The van der Waals surface area contributed by atoms with Crippen molar-refractivity contribution < 1.29 is 0 Å². The quantitative estimate of drug-likeness (QED) is 0.894. The Kier molecular flexibility index (Phi) is 3.53. The Morgan fingerprint density at radius 3 is 2.95 bits per heavy atom. The number of aryl methyl sites for hydroxylation is 1. The lowest BCUT2D eigenvalue weighted by molar-refractivity contribution is 0.346. The number of nitrogens with one attached hydrogen (secondary N) is 1. The summed E-state index contributed by atoms with van der Waals surface area (Å²) >= 11 is 0. The van der Waals surface area contributed by atoms with E-state index in [9.17, 15) is 0 Å². The van der Waals surface area contributed by atoms with Crippen molar-refractivity contribution in [3.63, 3.8) is 0 Å². The number of anilines is 1. The average molecular weight is 258 g/mol. The highest BCUT2D eigenvalue weighted by Crippen LogP contribution is 2.34. The average Bonchev–Trinajstić information content (AvgIpc) is 2.91. The number of nitrogens with zero attached hydrogens (tertiary/aromatic N) is 1. The van der Waals surface area contributed by atoms with Gasteiger partial charge in [-0.3, -0.25) is 0 Å². The molecule has 3 rings (SSSR count). The molecule has 0 bridgehead atoms. The van der Waals surface area contributed by atoms with Gasteiger partial charge in [-0.25, -0.2) is 0 Å². The molecule has 1 aromatic carbocycles.